The molecule has 4 rings (SSSR count). The van der Waals surface area contributed by atoms with Gasteiger partial charge in [0.2, 0.25) is 0 Å². The Balaban J connectivity index is 1.56. The standard InChI is InChI=1S/C30H27F9N4O3/c1-42(17-28(31,32)33)14-4-5-18-10-12-19(13-11-18)16-46-25-20(6-2-7-22(25)29(34,35)36)23-8-3-9-24(41-23)43-26(30(37,38)39)21(15-40-43)27(44)45/h2-3,6-13,40H,4-5,14-17H2,1H3,(H,44,45). The monoisotopic (exact) mass is 662 g/mol. The maximum absolute atomic E-state index is 14.0. The van der Waals surface area contributed by atoms with Crippen molar-refractivity contribution in [2.45, 2.75) is 38.0 Å². The van der Waals surface area contributed by atoms with Gasteiger partial charge in [0.05, 0.1) is 23.4 Å². The number of alkyl halides is 9. The first-order chi connectivity index (χ1) is 21.4. The van der Waals surface area contributed by atoms with E-state index in [2.05, 4.69) is 10.4 Å². The second kappa shape index (κ2) is 13.6. The first-order valence-electron chi connectivity index (χ1n) is 13.6. The lowest BCUT2D eigenvalue weighted by atomic mass is 10.0. The summed E-state index contributed by atoms with van der Waals surface area (Å²) in [4.78, 5) is 16.7. The highest BCUT2D eigenvalue weighted by Gasteiger charge is 2.46. The van der Waals surface area contributed by atoms with Crippen LogP contribution in [0.15, 0.2) is 71.9 Å². The van der Waals surface area contributed by atoms with Crippen molar-refractivity contribution in [1.29, 1.82) is 0 Å². The lowest BCUT2D eigenvalue weighted by Gasteiger charge is -2.23. The zero-order valence-electron chi connectivity index (χ0n) is 24.0. The molecule has 46 heavy (non-hydrogen) atoms. The van der Waals surface area contributed by atoms with Gasteiger partial charge < -0.3 is 9.84 Å². The molecule has 2 aromatic carbocycles. The number of carboxylic acids is 1. The molecule has 0 unspecified atom stereocenters. The Hall–Kier alpha value is -4.31. The first-order valence-corrected chi connectivity index (χ1v) is 13.6. The maximum Gasteiger partial charge on any atom is 0.433 e. The van der Waals surface area contributed by atoms with E-state index in [0.717, 1.165) is 28.7 Å². The largest absolute Gasteiger partial charge is 0.488 e. The molecule has 0 amide bonds. The zero-order chi connectivity index (χ0) is 33.9. The molecule has 0 radical (unpaired) electrons. The molecule has 7 nitrogen and oxygen atoms in total. The predicted molar refractivity (Wildman–Crippen MR) is 149 cm³/mol. The lowest BCUT2D eigenvalue weighted by molar-refractivity contribution is -0.143. The lowest BCUT2D eigenvalue weighted by Crippen LogP contribution is -2.37. The van der Waals surface area contributed by atoms with E-state index in [4.69, 9.17) is 4.74 Å². The third-order valence-corrected chi connectivity index (χ3v) is 6.87. The second-order valence-corrected chi connectivity index (χ2v) is 10.4. The van der Waals surface area contributed by atoms with Crippen molar-refractivity contribution >= 4 is 11.8 Å². The van der Waals surface area contributed by atoms with Crippen molar-refractivity contribution in [1.82, 2.24) is 15.3 Å². The van der Waals surface area contributed by atoms with Crippen LogP contribution in [0, 0.1) is 0 Å². The van der Waals surface area contributed by atoms with Crippen LogP contribution in [-0.4, -0.2) is 60.0 Å². The van der Waals surface area contributed by atoms with Crippen LogP contribution in [0.2, 0.25) is 0 Å². The summed E-state index contributed by atoms with van der Waals surface area (Å²) in [6.07, 6.45) is -13.3. The van der Waals surface area contributed by atoms with Crippen LogP contribution in [0.25, 0.3) is 11.3 Å². The minimum Gasteiger partial charge on any atom is -0.488 e. The fourth-order valence-electron chi connectivity index (χ4n) is 4.84. The Morgan fingerprint density at radius 3 is 2.20 bits per heavy atom. The smallest absolute Gasteiger partial charge is 0.433 e. The van der Waals surface area contributed by atoms with Gasteiger partial charge in [-0.25, -0.2) is 15.2 Å². The van der Waals surface area contributed by atoms with Gasteiger partial charge in [-0.1, -0.05) is 36.4 Å². The quantitative estimate of drug-likeness (QED) is 0.214. The molecule has 2 N–H and O–H groups in total. The molecule has 3 aromatic rings. The van der Waals surface area contributed by atoms with E-state index in [0.29, 0.717) is 23.4 Å². The molecular formula is C30H27F9N4O3. The van der Waals surface area contributed by atoms with E-state index < -0.39 is 66.0 Å². The fourth-order valence-corrected chi connectivity index (χ4v) is 4.84. The number of carboxylic acid groups (broad SMARTS) is 1. The van der Waals surface area contributed by atoms with Gasteiger partial charge >= 0.3 is 24.5 Å². The van der Waals surface area contributed by atoms with Crippen LogP contribution in [-0.2, 0) is 24.0 Å². The number of benzene rings is 2. The number of hydrogen-bond donors (Lipinski definition) is 2. The molecule has 1 aliphatic heterocycles. The SMILES string of the molecule is CN(CCCc1ccc(COc2c(-c3cccc(N4NCC(C(=O)O)=C4C(F)(F)F)n3)cccc2C(F)(F)F)cc1)CC(F)(F)F. The van der Waals surface area contributed by atoms with E-state index in [1.165, 1.54) is 25.2 Å². The predicted octanol–water partition coefficient (Wildman–Crippen LogP) is 7.00. The highest BCUT2D eigenvalue weighted by molar-refractivity contribution is 5.90. The van der Waals surface area contributed by atoms with Crippen molar-refractivity contribution in [2.75, 3.05) is 31.7 Å². The summed E-state index contributed by atoms with van der Waals surface area (Å²) in [6.45, 7) is -1.82. The number of anilines is 1. The minimum atomic E-state index is -5.08. The summed E-state index contributed by atoms with van der Waals surface area (Å²) >= 11 is 0. The number of allylic oxidation sites excluding steroid dienone is 1. The van der Waals surface area contributed by atoms with Crippen LogP contribution in [0.3, 0.4) is 0 Å². The number of aryl methyl sites for hydroxylation is 1. The van der Waals surface area contributed by atoms with Gasteiger partial charge in [0.15, 0.2) is 5.70 Å². The highest BCUT2D eigenvalue weighted by Crippen LogP contribution is 2.43. The first kappa shape index (κ1) is 34.6. The molecular weight excluding hydrogens is 635 g/mol. The van der Waals surface area contributed by atoms with Crippen LogP contribution in [0.1, 0.15) is 23.1 Å². The molecule has 0 spiro atoms. The van der Waals surface area contributed by atoms with E-state index in [1.807, 2.05) is 0 Å². The minimum absolute atomic E-state index is 0.170. The molecule has 0 atom stereocenters. The summed E-state index contributed by atoms with van der Waals surface area (Å²) in [5.74, 6) is -2.83. The summed E-state index contributed by atoms with van der Waals surface area (Å²) in [6, 6.07) is 13.4. The molecule has 0 saturated heterocycles. The summed E-state index contributed by atoms with van der Waals surface area (Å²) < 4.78 is 127. The Morgan fingerprint density at radius 2 is 1.59 bits per heavy atom. The van der Waals surface area contributed by atoms with Crippen LogP contribution in [0.5, 0.6) is 5.75 Å². The van der Waals surface area contributed by atoms with Crippen molar-refractivity contribution in [3.8, 4) is 17.0 Å². The average Bonchev–Trinajstić information content (AvgIpc) is 3.42. The van der Waals surface area contributed by atoms with Crippen LogP contribution >= 0.6 is 0 Å². The molecule has 248 valence electrons. The summed E-state index contributed by atoms with van der Waals surface area (Å²) in [5.41, 5.74) is -0.382. The van der Waals surface area contributed by atoms with Crippen molar-refractivity contribution in [2.24, 2.45) is 0 Å². The highest BCUT2D eigenvalue weighted by atomic mass is 19.4. The molecule has 0 bridgehead atoms. The summed E-state index contributed by atoms with van der Waals surface area (Å²) in [5, 5.41) is 9.67. The maximum atomic E-state index is 14.0. The van der Waals surface area contributed by atoms with Gasteiger partial charge in [0, 0.05) is 12.1 Å². The molecule has 0 saturated carbocycles. The van der Waals surface area contributed by atoms with Crippen molar-refractivity contribution < 1.29 is 54.2 Å². The Bertz CT molecular complexity index is 1570. The Kier molecular flexibility index (Phi) is 10.2. The number of rotatable bonds is 11. The van der Waals surface area contributed by atoms with Crippen LogP contribution < -0.4 is 15.2 Å². The number of carbonyl (C=O) groups is 1. The van der Waals surface area contributed by atoms with E-state index in [-0.39, 0.29) is 24.4 Å². The zero-order valence-corrected chi connectivity index (χ0v) is 24.0. The summed E-state index contributed by atoms with van der Waals surface area (Å²) in [7, 11) is 1.36. The molecule has 0 fully saturated rings. The number of nitrogens with zero attached hydrogens (tertiary/aromatic N) is 3. The molecule has 16 heteroatoms. The van der Waals surface area contributed by atoms with Gasteiger partial charge in [0.25, 0.3) is 0 Å². The molecule has 1 aliphatic rings. The number of hydrazine groups is 1. The molecule has 0 aliphatic carbocycles. The number of halogens is 9. The van der Waals surface area contributed by atoms with E-state index >= 15 is 0 Å². The number of ether oxygens (including phenoxy) is 1. The fraction of sp³-hybridized carbons (Fsp3) is 0.333. The number of para-hydroxylation sites is 1. The van der Waals surface area contributed by atoms with Gasteiger partial charge in [-0.15, -0.1) is 0 Å². The molecule has 1 aromatic heterocycles. The second-order valence-electron chi connectivity index (χ2n) is 10.4. The number of pyridine rings is 1. The Morgan fingerprint density at radius 1 is 0.935 bits per heavy atom. The number of hydrogen-bond acceptors (Lipinski definition) is 6. The molecule has 2 heterocycles. The van der Waals surface area contributed by atoms with Crippen LogP contribution in [0.4, 0.5) is 45.3 Å². The van der Waals surface area contributed by atoms with Gasteiger partial charge in [-0.2, -0.15) is 39.5 Å². The average molecular weight is 663 g/mol. The number of nitrogens with one attached hydrogen (secondary N) is 1. The third-order valence-electron chi connectivity index (χ3n) is 6.87. The number of aliphatic carboxylic acids is 1. The third kappa shape index (κ3) is 8.69. The van der Waals surface area contributed by atoms with E-state index in [9.17, 15) is 49.4 Å². The topological polar surface area (TPSA) is 77.9 Å². The van der Waals surface area contributed by atoms with Gasteiger partial charge in [-0.05, 0) is 61.8 Å². The normalized spacial score (nSPS) is 14.4. The van der Waals surface area contributed by atoms with Gasteiger partial charge in [0.1, 0.15) is 18.2 Å². The number of aromatic nitrogens is 1. The Labute approximate surface area is 256 Å². The van der Waals surface area contributed by atoms with E-state index in [1.54, 1.807) is 24.3 Å². The van der Waals surface area contributed by atoms with Gasteiger partial charge in [-0.3, -0.25) is 9.91 Å². The van der Waals surface area contributed by atoms with Crippen molar-refractivity contribution in [3.63, 3.8) is 0 Å². The van der Waals surface area contributed by atoms with Crippen molar-refractivity contribution in [3.05, 3.63) is 88.6 Å².